The van der Waals surface area contributed by atoms with Gasteiger partial charge in [-0.2, -0.15) is 6.20 Å². The summed E-state index contributed by atoms with van der Waals surface area (Å²) in [5.74, 6) is 1.89. The number of allylic oxidation sites excluding steroid dienone is 2. The van der Waals surface area contributed by atoms with E-state index in [1.807, 2.05) is 18.1 Å². The molecule has 0 unspecified atom stereocenters. The Hall–Kier alpha value is 0.00727. The Morgan fingerprint density at radius 3 is 2.29 bits per heavy atom. The van der Waals surface area contributed by atoms with Crippen LogP contribution in [0.3, 0.4) is 0 Å². The summed E-state index contributed by atoms with van der Waals surface area (Å²) >= 11 is 0. The number of hydrogen-bond donors (Lipinski definition) is 0. The molecular weight excluding hydrogens is 259 g/mol. The third-order valence-electron chi connectivity index (χ3n) is 0.566. The monoisotopic (exact) mass is 264 g/mol. The van der Waals surface area contributed by atoms with E-state index < -0.39 is 0 Å². The summed E-state index contributed by atoms with van der Waals surface area (Å²) < 4.78 is 0. The van der Waals surface area contributed by atoms with Gasteiger partial charge in [0.15, 0.2) is 0 Å². The van der Waals surface area contributed by atoms with E-state index in [0.717, 1.165) is 0 Å². The summed E-state index contributed by atoms with van der Waals surface area (Å²) in [5.41, 5.74) is 0. The molecule has 0 aromatic carbocycles. The average molecular weight is 263 g/mol. The van der Waals surface area contributed by atoms with Gasteiger partial charge in [0.25, 0.3) is 0 Å². The molecular formula is C4H4BNRe-. The van der Waals surface area contributed by atoms with Crippen LogP contribution in [0.5, 0.6) is 0 Å². The molecule has 0 atom stereocenters. The Labute approximate surface area is 57.8 Å². The molecule has 0 saturated carbocycles. The van der Waals surface area contributed by atoms with Crippen LogP contribution in [0.1, 0.15) is 0 Å². The van der Waals surface area contributed by atoms with Gasteiger partial charge in [0.05, 0.1) is 0 Å². The number of nitrogens with zero attached hydrogens (tertiary/aromatic N) is 1. The van der Waals surface area contributed by atoms with Crippen LogP contribution in [0.15, 0.2) is 24.3 Å². The molecule has 0 aliphatic carbocycles. The SMILES string of the molecule is [B]1C=CC=C[N-]1.[Re]. The molecule has 7 heavy (non-hydrogen) atoms. The van der Waals surface area contributed by atoms with E-state index in [2.05, 4.69) is 5.23 Å². The minimum absolute atomic E-state index is 0. The van der Waals surface area contributed by atoms with E-state index in [1.54, 1.807) is 13.6 Å². The molecule has 0 saturated heterocycles. The molecule has 1 aliphatic rings. The van der Waals surface area contributed by atoms with Crippen molar-refractivity contribution in [3.8, 4) is 0 Å². The maximum absolute atomic E-state index is 3.78. The van der Waals surface area contributed by atoms with Gasteiger partial charge in [0, 0.05) is 27.8 Å². The van der Waals surface area contributed by atoms with Crippen molar-refractivity contribution in [1.29, 1.82) is 0 Å². The molecule has 0 spiro atoms. The fraction of sp³-hybridized carbons (Fsp3) is 0. The van der Waals surface area contributed by atoms with E-state index >= 15 is 0 Å². The first kappa shape index (κ1) is 7.01. The number of hydrogen-bond acceptors (Lipinski definition) is 0. The molecule has 0 amide bonds. The zero-order valence-electron chi connectivity index (χ0n) is 3.71. The van der Waals surface area contributed by atoms with Gasteiger partial charge in [-0.25, -0.2) is 0 Å². The van der Waals surface area contributed by atoms with Crippen molar-refractivity contribution < 1.29 is 20.4 Å². The van der Waals surface area contributed by atoms with Crippen LogP contribution in [0.25, 0.3) is 5.23 Å². The minimum Gasteiger partial charge on any atom is -0.716 e. The molecule has 1 rings (SSSR count). The quantitative estimate of drug-likeness (QED) is 0.579. The van der Waals surface area contributed by atoms with Gasteiger partial charge in [-0.3, -0.25) is 0 Å². The smallest absolute Gasteiger partial charge is 0.00993 e. The molecule has 3 heteroatoms. The van der Waals surface area contributed by atoms with Crippen LogP contribution >= 0.6 is 0 Å². The second-order valence-corrected chi connectivity index (χ2v) is 1.02. The largest absolute Gasteiger partial charge is 0.716 e. The summed E-state index contributed by atoms with van der Waals surface area (Å²) in [6.45, 7) is 0. The summed E-state index contributed by atoms with van der Waals surface area (Å²) in [5, 5.41) is 3.78. The van der Waals surface area contributed by atoms with Crippen LogP contribution < -0.4 is 0 Å². The molecule has 1 heterocycles. The molecule has 0 aromatic rings. The molecule has 2 radical (unpaired) electrons. The van der Waals surface area contributed by atoms with Crippen LogP contribution in [-0.2, 0) is 20.4 Å². The zero-order valence-corrected chi connectivity index (χ0v) is 6.43. The fourth-order valence-electron chi connectivity index (χ4n) is 0.313. The maximum atomic E-state index is 3.78. The van der Waals surface area contributed by atoms with E-state index in [4.69, 9.17) is 0 Å². The molecule has 0 N–H and O–H groups in total. The van der Waals surface area contributed by atoms with Gasteiger partial charge in [-0.1, -0.05) is 12.2 Å². The van der Waals surface area contributed by atoms with Crippen LogP contribution in [0.2, 0.25) is 0 Å². The molecule has 1 aliphatic heterocycles. The van der Waals surface area contributed by atoms with Crippen molar-refractivity contribution in [3.05, 3.63) is 29.6 Å². The van der Waals surface area contributed by atoms with Crippen LogP contribution in [0.4, 0.5) is 0 Å². The fourth-order valence-corrected chi connectivity index (χ4v) is 0.313. The minimum atomic E-state index is 0. The third kappa shape index (κ3) is 2.67. The van der Waals surface area contributed by atoms with Crippen molar-refractivity contribution in [2.24, 2.45) is 0 Å². The Balaban J connectivity index is 0.000000360. The van der Waals surface area contributed by atoms with E-state index in [1.165, 1.54) is 0 Å². The Bertz CT molecular complexity index is 77.7. The molecule has 1 nitrogen and oxygen atoms in total. The van der Waals surface area contributed by atoms with Gasteiger partial charge in [0.1, 0.15) is 0 Å². The van der Waals surface area contributed by atoms with Gasteiger partial charge in [-0.15, -0.1) is 5.98 Å². The van der Waals surface area contributed by atoms with E-state index in [-0.39, 0.29) is 20.4 Å². The predicted molar refractivity (Wildman–Crippen MR) is 27.4 cm³/mol. The summed E-state index contributed by atoms with van der Waals surface area (Å²) in [4.78, 5) is 0. The first-order chi connectivity index (χ1) is 3.00. The zero-order chi connectivity index (χ0) is 4.24. The molecule has 0 fully saturated rings. The second-order valence-electron chi connectivity index (χ2n) is 1.02. The van der Waals surface area contributed by atoms with Gasteiger partial charge < -0.3 is 5.23 Å². The van der Waals surface area contributed by atoms with Crippen molar-refractivity contribution in [2.45, 2.75) is 0 Å². The Morgan fingerprint density at radius 1 is 1.29 bits per heavy atom. The summed E-state index contributed by atoms with van der Waals surface area (Å²) in [6.07, 6.45) is 5.58. The van der Waals surface area contributed by atoms with Crippen LogP contribution in [0, 0.1) is 0 Å². The second kappa shape index (κ2) is 4.17. The molecule has 0 aromatic heterocycles. The Morgan fingerprint density at radius 2 is 2.14 bits per heavy atom. The van der Waals surface area contributed by atoms with Crippen molar-refractivity contribution in [2.75, 3.05) is 0 Å². The first-order valence-electron chi connectivity index (χ1n) is 1.85. The Kier molecular flexibility index (Phi) is 4.18. The number of rotatable bonds is 0. The van der Waals surface area contributed by atoms with E-state index in [0.29, 0.717) is 0 Å². The van der Waals surface area contributed by atoms with Crippen LogP contribution in [-0.4, -0.2) is 7.41 Å². The molecule has 36 valence electrons. The topological polar surface area (TPSA) is 14.1 Å². The summed E-state index contributed by atoms with van der Waals surface area (Å²) in [7, 11) is 1.75. The average Bonchev–Trinajstić information content (AvgIpc) is 1.72. The van der Waals surface area contributed by atoms with Crippen molar-refractivity contribution >= 4 is 7.41 Å². The normalized spacial score (nSPS) is 13.7. The maximum Gasteiger partial charge on any atom is 0.00993 e. The third-order valence-corrected chi connectivity index (χ3v) is 0.566. The van der Waals surface area contributed by atoms with Gasteiger partial charge in [-0.05, 0) is 0 Å². The van der Waals surface area contributed by atoms with E-state index in [9.17, 15) is 0 Å². The predicted octanol–water partition coefficient (Wildman–Crippen LogP) is 1.02. The molecule has 0 bridgehead atoms. The van der Waals surface area contributed by atoms with Gasteiger partial charge in [0.2, 0.25) is 0 Å². The standard InChI is InChI=1S/C4H4BN.Re/c1-2-4-6-5-3-1;/h1-4H;/q-1;. The van der Waals surface area contributed by atoms with Gasteiger partial charge >= 0.3 is 0 Å². The summed E-state index contributed by atoms with van der Waals surface area (Å²) in [6, 6.07) is 0. The van der Waals surface area contributed by atoms with Crippen molar-refractivity contribution in [1.82, 2.24) is 0 Å². The van der Waals surface area contributed by atoms with Crippen molar-refractivity contribution in [3.63, 3.8) is 0 Å². The first-order valence-corrected chi connectivity index (χ1v) is 1.85.